The lowest BCUT2D eigenvalue weighted by molar-refractivity contribution is -0.129. The van der Waals surface area contributed by atoms with Crippen LogP contribution in [-0.4, -0.2) is 19.4 Å². The van der Waals surface area contributed by atoms with Gasteiger partial charge in [0, 0.05) is 16.7 Å². The minimum absolute atomic E-state index is 0.0607. The highest BCUT2D eigenvalue weighted by Crippen LogP contribution is 2.36. The summed E-state index contributed by atoms with van der Waals surface area (Å²) >= 11 is 11.8. The topological polar surface area (TPSA) is 52.6 Å². The molecule has 0 spiro atoms. The van der Waals surface area contributed by atoms with Crippen LogP contribution in [0.3, 0.4) is 0 Å². The van der Waals surface area contributed by atoms with E-state index < -0.39 is 5.97 Å². The van der Waals surface area contributed by atoms with Gasteiger partial charge in [-0.3, -0.25) is 4.79 Å². The van der Waals surface area contributed by atoms with Crippen molar-refractivity contribution in [1.29, 1.82) is 0 Å². The Morgan fingerprint density at radius 1 is 1.09 bits per heavy atom. The van der Waals surface area contributed by atoms with Gasteiger partial charge in [-0.1, -0.05) is 35.3 Å². The standard InChI is InChI=1S/C17H12Cl2O4/c1-22-15-9-12(10-20)8-14(19)17(15)23-16(21)7-4-11-2-5-13(18)6-3-11/h2-10H,1H3/b7-4+. The van der Waals surface area contributed by atoms with E-state index >= 15 is 0 Å². The van der Waals surface area contributed by atoms with Crippen LogP contribution in [0.15, 0.2) is 42.5 Å². The van der Waals surface area contributed by atoms with E-state index in [9.17, 15) is 9.59 Å². The lowest BCUT2D eigenvalue weighted by Crippen LogP contribution is -2.06. The third-order valence-electron chi connectivity index (χ3n) is 2.87. The van der Waals surface area contributed by atoms with E-state index in [0.29, 0.717) is 16.9 Å². The number of hydrogen-bond acceptors (Lipinski definition) is 4. The van der Waals surface area contributed by atoms with E-state index in [-0.39, 0.29) is 16.5 Å². The predicted molar refractivity (Wildman–Crippen MR) is 89.5 cm³/mol. The fourth-order valence-electron chi connectivity index (χ4n) is 1.78. The number of aldehydes is 1. The third kappa shape index (κ3) is 4.58. The molecule has 0 atom stereocenters. The van der Waals surface area contributed by atoms with Crippen LogP contribution in [0.1, 0.15) is 15.9 Å². The van der Waals surface area contributed by atoms with Crippen LogP contribution in [0.4, 0.5) is 0 Å². The molecule has 0 aromatic heterocycles. The molecule has 0 heterocycles. The summed E-state index contributed by atoms with van der Waals surface area (Å²) in [6.07, 6.45) is 3.46. The molecule has 0 aliphatic heterocycles. The van der Waals surface area contributed by atoms with Crippen LogP contribution < -0.4 is 9.47 Å². The first-order chi connectivity index (χ1) is 11.0. The lowest BCUT2D eigenvalue weighted by atomic mass is 10.2. The Bertz CT molecular complexity index is 752. The summed E-state index contributed by atoms with van der Waals surface area (Å²) in [5, 5.41) is 0.719. The largest absolute Gasteiger partial charge is 0.493 e. The molecule has 0 aliphatic carbocycles. The van der Waals surface area contributed by atoms with Crippen LogP contribution in [0.2, 0.25) is 10.0 Å². The fraction of sp³-hybridized carbons (Fsp3) is 0.0588. The number of ether oxygens (including phenoxy) is 2. The molecule has 0 N–H and O–H groups in total. The van der Waals surface area contributed by atoms with Gasteiger partial charge in [0.1, 0.15) is 6.29 Å². The lowest BCUT2D eigenvalue weighted by Gasteiger charge is -2.10. The second-order valence-corrected chi connectivity index (χ2v) is 5.30. The quantitative estimate of drug-likeness (QED) is 0.346. The number of halogens is 2. The second kappa shape index (κ2) is 7.81. The van der Waals surface area contributed by atoms with Crippen molar-refractivity contribution in [3.63, 3.8) is 0 Å². The number of esters is 1. The smallest absolute Gasteiger partial charge is 0.336 e. The highest BCUT2D eigenvalue weighted by molar-refractivity contribution is 6.32. The summed E-state index contributed by atoms with van der Waals surface area (Å²) in [5.74, 6) is -0.364. The van der Waals surface area contributed by atoms with Gasteiger partial charge in [-0.15, -0.1) is 0 Å². The molecule has 0 saturated carbocycles. The van der Waals surface area contributed by atoms with Crippen molar-refractivity contribution in [3.8, 4) is 11.5 Å². The van der Waals surface area contributed by atoms with E-state index in [0.717, 1.165) is 5.56 Å². The average Bonchev–Trinajstić information content (AvgIpc) is 2.55. The summed E-state index contributed by atoms with van der Waals surface area (Å²) < 4.78 is 10.3. The number of methoxy groups -OCH3 is 1. The molecule has 0 fully saturated rings. The number of carbonyl (C=O) groups is 2. The minimum Gasteiger partial charge on any atom is -0.493 e. The predicted octanol–water partition coefficient (Wildman–Crippen LogP) is 4.43. The first kappa shape index (κ1) is 17.1. The van der Waals surface area contributed by atoms with Gasteiger partial charge in [0.05, 0.1) is 12.1 Å². The summed E-state index contributed by atoms with van der Waals surface area (Å²) in [7, 11) is 1.39. The van der Waals surface area contributed by atoms with E-state index in [1.165, 1.54) is 25.3 Å². The van der Waals surface area contributed by atoms with Gasteiger partial charge in [0.25, 0.3) is 0 Å². The molecule has 6 heteroatoms. The Morgan fingerprint density at radius 2 is 1.78 bits per heavy atom. The van der Waals surface area contributed by atoms with E-state index in [4.69, 9.17) is 32.7 Å². The zero-order valence-electron chi connectivity index (χ0n) is 12.1. The first-order valence-electron chi connectivity index (χ1n) is 6.51. The Balaban J connectivity index is 2.16. The van der Waals surface area contributed by atoms with Crippen LogP contribution in [0.25, 0.3) is 6.08 Å². The number of benzene rings is 2. The van der Waals surface area contributed by atoms with Gasteiger partial charge >= 0.3 is 5.97 Å². The molecule has 4 nitrogen and oxygen atoms in total. The molecule has 0 unspecified atom stereocenters. The summed E-state index contributed by atoms with van der Waals surface area (Å²) in [6.45, 7) is 0. The molecule has 0 aliphatic rings. The molecule has 23 heavy (non-hydrogen) atoms. The zero-order chi connectivity index (χ0) is 16.8. The molecular weight excluding hydrogens is 339 g/mol. The Morgan fingerprint density at radius 3 is 2.39 bits per heavy atom. The minimum atomic E-state index is -0.626. The monoisotopic (exact) mass is 350 g/mol. The highest BCUT2D eigenvalue weighted by atomic mass is 35.5. The van der Waals surface area contributed by atoms with Crippen molar-refractivity contribution in [2.45, 2.75) is 0 Å². The highest BCUT2D eigenvalue weighted by Gasteiger charge is 2.14. The SMILES string of the molecule is COc1cc(C=O)cc(Cl)c1OC(=O)/C=C/c1ccc(Cl)cc1. The van der Waals surface area contributed by atoms with Gasteiger partial charge in [-0.25, -0.2) is 4.79 Å². The maximum absolute atomic E-state index is 11.9. The van der Waals surface area contributed by atoms with E-state index in [1.807, 2.05) is 0 Å². The molecule has 2 rings (SSSR count). The normalized spacial score (nSPS) is 10.6. The summed E-state index contributed by atoms with van der Waals surface area (Å²) in [6, 6.07) is 9.78. The molecule has 0 amide bonds. The van der Waals surface area contributed by atoms with Crippen molar-refractivity contribution >= 4 is 41.5 Å². The van der Waals surface area contributed by atoms with E-state index in [1.54, 1.807) is 30.3 Å². The Labute approximate surface area is 143 Å². The van der Waals surface area contributed by atoms with Gasteiger partial charge in [0.15, 0.2) is 11.5 Å². The number of hydrogen-bond donors (Lipinski definition) is 0. The van der Waals surface area contributed by atoms with E-state index in [2.05, 4.69) is 0 Å². The van der Waals surface area contributed by atoms with Crippen molar-refractivity contribution in [2.24, 2.45) is 0 Å². The summed E-state index contributed by atoms with van der Waals surface area (Å²) in [4.78, 5) is 22.7. The molecule has 0 saturated heterocycles. The van der Waals surface area contributed by atoms with Crippen molar-refractivity contribution in [1.82, 2.24) is 0 Å². The van der Waals surface area contributed by atoms with Gasteiger partial charge in [-0.05, 0) is 35.9 Å². The first-order valence-corrected chi connectivity index (χ1v) is 7.27. The molecule has 2 aromatic carbocycles. The molecular formula is C17H12Cl2O4. The zero-order valence-corrected chi connectivity index (χ0v) is 13.6. The van der Waals surface area contributed by atoms with Gasteiger partial charge < -0.3 is 9.47 Å². The summed E-state index contributed by atoms with van der Waals surface area (Å²) in [5.41, 5.74) is 1.11. The number of carbonyl (C=O) groups excluding carboxylic acids is 2. The van der Waals surface area contributed by atoms with Crippen molar-refractivity contribution in [2.75, 3.05) is 7.11 Å². The van der Waals surface area contributed by atoms with Crippen LogP contribution in [0.5, 0.6) is 11.5 Å². The maximum Gasteiger partial charge on any atom is 0.336 e. The molecule has 0 bridgehead atoms. The Hall–Kier alpha value is -2.30. The van der Waals surface area contributed by atoms with Crippen LogP contribution in [0, 0.1) is 0 Å². The fourth-order valence-corrected chi connectivity index (χ4v) is 2.16. The van der Waals surface area contributed by atoms with Crippen molar-refractivity contribution in [3.05, 3.63) is 63.6 Å². The van der Waals surface area contributed by atoms with Crippen LogP contribution >= 0.6 is 23.2 Å². The second-order valence-electron chi connectivity index (χ2n) is 4.46. The maximum atomic E-state index is 11.9. The van der Waals surface area contributed by atoms with Gasteiger partial charge in [0.2, 0.25) is 0 Å². The molecule has 2 aromatic rings. The van der Waals surface area contributed by atoms with Crippen LogP contribution in [-0.2, 0) is 4.79 Å². The molecule has 118 valence electrons. The Kier molecular flexibility index (Phi) is 5.79. The third-order valence-corrected chi connectivity index (χ3v) is 3.41. The number of rotatable bonds is 5. The van der Waals surface area contributed by atoms with Gasteiger partial charge in [-0.2, -0.15) is 0 Å². The van der Waals surface area contributed by atoms with Crippen molar-refractivity contribution < 1.29 is 19.1 Å². The molecule has 0 radical (unpaired) electrons. The average molecular weight is 351 g/mol.